The minimum Gasteiger partial charge on any atom is -0.353 e. The van der Waals surface area contributed by atoms with Gasteiger partial charge in [-0.1, -0.05) is 13.0 Å². The van der Waals surface area contributed by atoms with Crippen molar-refractivity contribution in [3.63, 3.8) is 0 Å². The van der Waals surface area contributed by atoms with Gasteiger partial charge in [-0.15, -0.1) is 0 Å². The Morgan fingerprint density at radius 3 is 2.56 bits per heavy atom. The molecule has 1 N–H and O–H groups in total. The highest BCUT2D eigenvalue weighted by Crippen LogP contribution is 2.14. The van der Waals surface area contributed by atoms with Gasteiger partial charge in [0.25, 0.3) is 11.8 Å². The van der Waals surface area contributed by atoms with E-state index in [9.17, 15) is 9.59 Å². The largest absolute Gasteiger partial charge is 0.353 e. The van der Waals surface area contributed by atoms with Crippen molar-refractivity contribution in [3.8, 4) is 0 Å². The van der Waals surface area contributed by atoms with E-state index in [0.29, 0.717) is 24.3 Å². The van der Waals surface area contributed by atoms with Crippen LogP contribution in [0.1, 0.15) is 41.1 Å². The summed E-state index contributed by atoms with van der Waals surface area (Å²) in [5.74, 6) is 0.598. The lowest BCUT2D eigenvalue weighted by Gasteiger charge is -2.35. The number of amides is 2. The summed E-state index contributed by atoms with van der Waals surface area (Å²) >= 11 is 0. The molecule has 3 rings (SSSR count). The molecule has 7 nitrogen and oxygen atoms in total. The van der Waals surface area contributed by atoms with E-state index in [-0.39, 0.29) is 17.9 Å². The average molecular weight is 367 g/mol. The van der Waals surface area contributed by atoms with Crippen LogP contribution in [0, 0.1) is 0 Å². The van der Waals surface area contributed by atoms with Gasteiger partial charge >= 0.3 is 0 Å². The molecular formula is C20H25N5O2. The van der Waals surface area contributed by atoms with Gasteiger partial charge in [-0.3, -0.25) is 14.6 Å². The van der Waals surface area contributed by atoms with Crippen LogP contribution in [0.4, 0.5) is 5.82 Å². The van der Waals surface area contributed by atoms with Crippen LogP contribution < -0.4 is 10.2 Å². The first kappa shape index (κ1) is 18.8. The van der Waals surface area contributed by atoms with Crippen molar-refractivity contribution < 1.29 is 9.59 Å². The summed E-state index contributed by atoms with van der Waals surface area (Å²) in [6.07, 6.45) is 4.14. The van der Waals surface area contributed by atoms with E-state index in [2.05, 4.69) is 20.2 Å². The van der Waals surface area contributed by atoms with Crippen LogP contribution in [0.5, 0.6) is 0 Å². The summed E-state index contributed by atoms with van der Waals surface area (Å²) in [5, 5.41) is 2.91. The Bertz CT molecular complexity index is 788. The van der Waals surface area contributed by atoms with E-state index in [1.54, 1.807) is 23.2 Å². The molecule has 142 valence electrons. The lowest BCUT2D eigenvalue weighted by Crippen LogP contribution is -2.49. The van der Waals surface area contributed by atoms with Gasteiger partial charge in [-0.05, 0) is 37.6 Å². The van der Waals surface area contributed by atoms with Gasteiger partial charge in [-0.2, -0.15) is 0 Å². The van der Waals surface area contributed by atoms with Crippen LogP contribution in [0.3, 0.4) is 0 Å². The quantitative estimate of drug-likeness (QED) is 0.874. The van der Waals surface area contributed by atoms with Crippen molar-refractivity contribution >= 4 is 17.6 Å². The molecule has 1 atom stereocenters. The number of hydrogen-bond acceptors (Lipinski definition) is 5. The second kappa shape index (κ2) is 8.62. The number of piperazine rings is 1. The predicted molar refractivity (Wildman–Crippen MR) is 104 cm³/mol. The van der Waals surface area contributed by atoms with Gasteiger partial charge in [-0.25, -0.2) is 4.98 Å². The molecule has 7 heteroatoms. The van der Waals surface area contributed by atoms with E-state index in [0.717, 1.165) is 25.3 Å². The molecule has 0 aromatic carbocycles. The van der Waals surface area contributed by atoms with Crippen LogP contribution in [0.25, 0.3) is 0 Å². The SMILES string of the molecule is CCC(C)NC(=O)c1ccnc(C(=O)N2CCN(c3ccccn3)CC2)c1. The zero-order valence-corrected chi connectivity index (χ0v) is 15.8. The summed E-state index contributed by atoms with van der Waals surface area (Å²) in [5.41, 5.74) is 0.763. The van der Waals surface area contributed by atoms with Crippen molar-refractivity contribution in [3.05, 3.63) is 54.0 Å². The highest BCUT2D eigenvalue weighted by molar-refractivity contribution is 5.98. The summed E-state index contributed by atoms with van der Waals surface area (Å²) in [6.45, 7) is 6.60. The number of anilines is 1. The number of pyridine rings is 2. The van der Waals surface area contributed by atoms with Gasteiger partial charge in [0.1, 0.15) is 11.5 Å². The van der Waals surface area contributed by atoms with E-state index in [1.165, 1.54) is 6.20 Å². The Labute approximate surface area is 159 Å². The van der Waals surface area contributed by atoms with Crippen molar-refractivity contribution in [1.82, 2.24) is 20.2 Å². The number of nitrogens with one attached hydrogen (secondary N) is 1. The third-order valence-electron chi connectivity index (χ3n) is 4.77. The average Bonchev–Trinajstić information content (AvgIpc) is 2.74. The molecule has 0 bridgehead atoms. The summed E-state index contributed by atoms with van der Waals surface area (Å²) in [6, 6.07) is 9.11. The number of rotatable bonds is 5. The van der Waals surface area contributed by atoms with Crippen LogP contribution in [-0.4, -0.2) is 58.9 Å². The third kappa shape index (κ3) is 4.61. The van der Waals surface area contributed by atoms with Crippen LogP contribution in [0.2, 0.25) is 0 Å². The van der Waals surface area contributed by atoms with Gasteiger partial charge in [0.15, 0.2) is 0 Å². The second-order valence-corrected chi connectivity index (χ2v) is 6.68. The Kier molecular flexibility index (Phi) is 6.01. The summed E-state index contributed by atoms with van der Waals surface area (Å²) in [7, 11) is 0. The van der Waals surface area contributed by atoms with E-state index in [4.69, 9.17) is 0 Å². The molecule has 1 aliphatic rings. The number of nitrogens with zero attached hydrogens (tertiary/aromatic N) is 4. The number of aromatic nitrogens is 2. The molecule has 0 spiro atoms. The summed E-state index contributed by atoms with van der Waals surface area (Å²) < 4.78 is 0. The maximum atomic E-state index is 12.8. The van der Waals surface area contributed by atoms with Crippen LogP contribution >= 0.6 is 0 Å². The molecule has 0 saturated carbocycles. The maximum Gasteiger partial charge on any atom is 0.272 e. The molecule has 2 aromatic rings. The highest BCUT2D eigenvalue weighted by Gasteiger charge is 2.24. The lowest BCUT2D eigenvalue weighted by molar-refractivity contribution is 0.0740. The molecule has 1 aliphatic heterocycles. The monoisotopic (exact) mass is 367 g/mol. The number of hydrogen-bond donors (Lipinski definition) is 1. The topological polar surface area (TPSA) is 78.4 Å². The fourth-order valence-electron chi connectivity index (χ4n) is 2.94. The molecule has 2 aromatic heterocycles. The normalized spacial score (nSPS) is 15.3. The first-order valence-electron chi connectivity index (χ1n) is 9.30. The molecule has 1 fully saturated rings. The third-order valence-corrected chi connectivity index (χ3v) is 4.77. The molecule has 1 unspecified atom stereocenters. The van der Waals surface area contributed by atoms with Gasteiger partial charge in [0.05, 0.1) is 0 Å². The van der Waals surface area contributed by atoms with E-state index >= 15 is 0 Å². The molecule has 27 heavy (non-hydrogen) atoms. The molecular weight excluding hydrogens is 342 g/mol. The minimum atomic E-state index is -0.180. The van der Waals surface area contributed by atoms with Gasteiger partial charge in [0.2, 0.25) is 0 Å². The maximum absolute atomic E-state index is 12.8. The zero-order valence-electron chi connectivity index (χ0n) is 15.8. The summed E-state index contributed by atoms with van der Waals surface area (Å²) in [4.78, 5) is 37.6. The predicted octanol–water partition coefficient (Wildman–Crippen LogP) is 1.97. The standard InChI is InChI=1S/C20H25N5O2/c1-3-15(2)23-19(26)16-7-9-21-17(14-16)20(27)25-12-10-24(11-13-25)18-6-4-5-8-22-18/h4-9,14-15H,3,10-13H2,1-2H3,(H,23,26). The fraction of sp³-hybridized carbons (Fsp3) is 0.400. The lowest BCUT2D eigenvalue weighted by atomic mass is 10.1. The van der Waals surface area contributed by atoms with Gasteiger partial charge < -0.3 is 15.1 Å². The Balaban J connectivity index is 1.63. The van der Waals surface area contributed by atoms with Crippen LogP contribution in [-0.2, 0) is 0 Å². The first-order valence-corrected chi connectivity index (χ1v) is 9.30. The fourth-order valence-corrected chi connectivity index (χ4v) is 2.94. The highest BCUT2D eigenvalue weighted by atomic mass is 16.2. The Morgan fingerprint density at radius 1 is 1.11 bits per heavy atom. The molecule has 2 amide bonds. The molecule has 3 heterocycles. The van der Waals surface area contributed by atoms with Crippen LogP contribution in [0.15, 0.2) is 42.7 Å². The van der Waals surface area contributed by atoms with Crippen molar-refractivity contribution in [2.75, 3.05) is 31.1 Å². The Morgan fingerprint density at radius 2 is 1.89 bits per heavy atom. The number of carbonyl (C=O) groups excluding carboxylic acids is 2. The molecule has 0 radical (unpaired) electrons. The van der Waals surface area contributed by atoms with Crippen molar-refractivity contribution in [1.29, 1.82) is 0 Å². The van der Waals surface area contributed by atoms with E-state index in [1.807, 2.05) is 32.0 Å². The van der Waals surface area contributed by atoms with Gasteiger partial charge in [0, 0.05) is 50.2 Å². The van der Waals surface area contributed by atoms with Crippen molar-refractivity contribution in [2.45, 2.75) is 26.3 Å². The second-order valence-electron chi connectivity index (χ2n) is 6.68. The molecule has 0 aliphatic carbocycles. The first-order chi connectivity index (χ1) is 13.1. The zero-order chi connectivity index (χ0) is 19.2. The smallest absolute Gasteiger partial charge is 0.272 e. The molecule has 1 saturated heterocycles. The minimum absolute atomic E-state index is 0.0875. The van der Waals surface area contributed by atoms with E-state index < -0.39 is 0 Å². The van der Waals surface area contributed by atoms with Crippen molar-refractivity contribution in [2.24, 2.45) is 0 Å². The number of carbonyl (C=O) groups is 2. The Hall–Kier alpha value is -2.96.